The monoisotopic (exact) mass is 295 g/mol. The molecule has 0 fully saturated rings. The lowest BCUT2D eigenvalue weighted by atomic mass is 10.2. The maximum absolute atomic E-state index is 5.78. The van der Waals surface area contributed by atoms with Crippen LogP contribution in [0.25, 0.3) is 11.0 Å². The first-order valence-corrected chi connectivity index (χ1v) is 7.56. The molecule has 3 rings (SSSR count). The molecule has 1 N–H and O–H groups in total. The standard InChI is InChI=1S/C18H21N3O/c1-14(19-2)12-21-11-10-16-17(21)8-9-18(20-16)22-13-15-6-4-3-5-7-15/h3-11,14,19H,12-13H2,1-2H3/t14-/m1/s1. The first-order chi connectivity index (χ1) is 10.8. The van der Waals surface area contributed by atoms with E-state index in [4.69, 9.17) is 4.74 Å². The quantitative estimate of drug-likeness (QED) is 0.759. The normalized spacial score (nSPS) is 12.5. The number of aromatic nitrogens is 2. The Morgan fingerprint density at radius 3 is 2.73 bits per heavy atom. The van der Waals surface area contributed by atoms with Crippen LogP contribution in [0.4, 0.5) is 0 Å². The number of pyridine rings is 1. The maximum atomic E-state index is 5.78. The lowest BCUT2D eigenvalue weighted by molar-refractivity contribution is 0.295. The van der Waals surface area contributed by atoms with Crippen LogP contribution < -0.4 is 10.1 Å². The van der Waals surface area contributed by atoms with Crippen LogP contribution in [0.15, 0.2) is 54.7 Å². The molecule has 22 heavy (non-hydrogen) atoms. The van der Waals surface area contributed by atoms with Crippen molar-refractivity contribution in [2.24, 2.45) is 0 Å². The molecule has 2 aromatic heterocycles. The molecule has 0 amide bonds. The van der Waals surface area contributed by atoms with E-state index in [1.165, 1.54) is 0 Å². The summed E-state index contributed by atoms with van der Waals surface area (Å²) in [5, 5.41) is 3.25. The number of nitrogens with one attached hydrogen (secondary N) is 1. The first-order valence-electron chi connectivity index (χ1n) is 7.56. The third-order valence-corrected chi connectivity index (χ3v) is 3.79. The van der Waals surface area contributed by atoms with E-state index in [9.17, 15) is 0 Å². The van der Waals surface area contributed by atoms with E-state index < -0.39 is 0 Å². The third-order valence-electron chi connectivity index (χ3n) is 3.79. The second-order valence-corrected chi connectivity index (χ2v) is 5.49. The van der Waals surface area contributed by atoms with Gasteiger partial charge in [-0.1, -0.05) is 30.3 Å². The summed E-state index contributed by atoms with van der Waals surface area (Å²) >= 11 is 0. The highest BCUT2D eigenvalue weighted by Crippen LogP contribution is 2.19. The molecule has 0 spiro atoms. The molecule has 0 radical (unpaired) electrons. The zero-order chi connectivity index (χ0) is 15.4. The molecule has 0 saturated heterocycles. The SMILES string of the molecule is CN[C@H](C)Cn1ccc2nc(OCc3ccccc3)ccc21. The van der Waals surface area contributed by atoms with Crippen molar-refractivity contribution in [1.29, 1.82) is 0 Å². The van der Waals surface area contributed by atoms with Gasteiger partial charge in [0.05, 0.1) is 11.0 Å². The molecule has 0 aliphatic heterocycles. The van der Waals surface area contributed by atoms with Crippen LogP contribution in [0.5, 0.6) is 5.88 Å². The van der Waals surface area contributed by atoms with Gasteiger partial charge in [-0.25, -0.2) is 4.98 Å². The highest BCUT2D eigenvalue weighted by molar-refractivity contribution is 5.76. The Labute approximate surface area is 130 Å². The van der Waals surface area contributed by atoms with Gasteiger partial charge in [-0.15, -0.1) is 0 Å². The van der Waals surface area contributed by atoms with Crippen molar-refractivity contribution in [2.75, 3.05) is 7.05 Å². The molecule has 114 valence electrons. The van der Waals surface area contributed by atoms with Crippen LogP contribution in [0.3, 0.4) is 0 Å². The minimum atomic E-state index is 0.421. The average Bonchev–Trinajstić information content (AvgIpc) is 2.96. The number of ether oxygens (including phenoxy) is 1. The predicted octanol–water partition coefficient (Wildman–Crippen LogP) is 3.22. The van der Waals surface area contributed by atoms with Crippen molar-refractivity contribution in [3.05, 3.63) is 60.3 Å². The molecule has 0 unspecified atom stereocenters. The molecule has 4 heteroatoms. The molecule has 2 heterocycles. The Morgan fingerprint density at radius 2 is 1.95 bits per heavy atom. The zero-order valence-corrected chi connectivity index (χ0v) is 13.0. The Hall–Kier alpha value is -2.33. The highest BCUT2D eigenvalue weighted by atomic mass is 16.5. The van der Waals surface area contributed by atoms with E-state index in [-0.39, 0.29) is 0 Å². The summed E-state index contributed by atoms with van der Waals surface area (Å²) in [7, 11) is 1.98. The van der Waals surface area contributed by atoms with Crippen LogP contribution in [0.2, 0.25) is 0 Å². The van der Waals surface area contributed by atoms with E-state index in [0.29, 0.717) is 18.5 Å². The van der Waals surface area contributed by atoms with Crippen molar-refractivity contribution >= 4 is 11.0 Å². The second kappa shape index (κ2) is 6.62. The number of likely N-dealkylation sites (N-methyl/N-ethyl adjacent to an activating group) is 1. The Balaban J connectivity index is 1.73. The molecule has 4 nitrogen and oxygen atoms in total. The van der Waals surface area contributed by atoms with E-state index in [1.807, 2.05) is 49.5 Å². The van der Waals surface area contributed by atoms with Crippen LogP contribution in [0, 0.1) is 0 Å². The molecule has 3 aromatic rings. The van der Waals surface area contributed by atoms with Gasteiger partial charge in [0.1, 0.15) is 6.61 Å². The van der Waals surface area contributed by atoms with Gasteiger partial charge in [0.2, 0.25) is 5.88 Å². The number of hydrogen-bond donors (Lipinski definition) is 1. The minimum absolute atomic E-state index is 0.421. The van der Waals surface area contributed by atoms with E-state index in [1.54, 1.807) is 0 Å². The third kappa shape index (κ3) is 3.28. The number of rotatable bonds is 6. The molecule has 0 saturated carbocycles. The summed E-state index contributed by atoms with van der Waals surface area (Å²) in [6.45, 7) is 3.62. The summed E-state index contributed by atoms with van der Waals surface area (Å²) < 4.78 is 7.99. The summed E-state index contributed by atoms with van der Waals surface area (Å²) in [6.07, 6.45) is 2.08. The summed E-state index contributed by atoms with van der Waals surface area (Å²) in [5.41, 5.74) is 3.24. The summed E-state index contributed by atoms with van der Waals surface area (Å²) in [6, 6.07) is 16.6. The number of nitrogens with zero attached hydrogens (tertiary/aromatic N) is 2. The number of hydrogen-bond acceptors (Lipinski definition) is 3. The topological polar surface area (TPSA) is 39.1 Å². The number of benzene rings is 1. The fourth-order valence-corrected chi connectivity index (χ4v) is 2.41. The van der Waals surface area contributed by atoms with Crippen molar-refractivity contribution in [1.82, 2.24) is 14.9 Å². The Bertz CT molecular complexity index is 736. The smallest absolute Gasteiger partial charge is 0.214 e. The van der Waals surface area contributed by atoms with Crippen molar-refractivity contribution in [2.45, 2.75) is 26.1 Å². The largest absolute Gasteiger partial charge is 0.473 e. The van der Waals surface area contributed by atoms with Gasteiger partial charge in [0.25, 0.3) is 0 Å². The molecule has 1 atom stereocenters. The van der Waals surface area contributed by atoms with Crippen LogP contribution in [-0.4, -0.2) is 22.6 Å². The van der Waals surface area contributed by atoms with Gasteiger partial charge in [0, 0.05) is 24.8 Å². The number of fused-ring (bicyclic) bond motifs is 1. The van der Waals surface area contributed by atoms with Crippen molar-refractivity contribution in [3.8, 4) is 5.88 Å². The molecule has 0 aliphatic carbocycles. The van der Waals surface area contributed by atoms with Gasteiger partial charge in [-0.3, -0.25) is 0 Å². The molecule has 0 bridgehead atoms. The van der Waals surface area contributed by atoms with Crippen molar-refractivity contribution < 1.29 is 4.74 Å². The lowest BCUT2D eigenvalue weighted by Crippen LogP contribution is -2.26. The van der Waals surface area contributed by atoms with Gasteiger partial charge < -0.3 is 14.6 Å². The highest BCUT2D eigenvalue weighted by Gasteiger charge is 2.07. The zero-order valence-electron chi connectivity index (χ0n) is 13.0. The molecule has 0 aliphatic rings. The van der Waals surface area contributed by atoms with Crippen LogP contribution in [-0.2, 0) is 13.2 Å². The van der Waals surface area contributed by atoms with Crippen LogP contribution >= 0.6 is 0 Å². The van der Waals surface area contributed by atoms with Gasteiger partial charge in [-0.2, -0.15) is 0 Å². The van der Waals surface area contributed by atoms with E-state index >= 15 is 0 Å². The fourth-order valence-electron chi connectivity index (χ4n) is 2.41. The molecular weight excluding hydrogens is 274 g/mol. The average molecular weight is 295 g/mol. The first kappa shape index (κ1) is 14.6. The predicted molar refractivity (Wildman–Crippen MR) is 89.0 cm³/mol. The minimum Gasteiger partial charge on any atom is -0.473 e. The Kier molecular flexibility index (Phi) is 4.39. The molecule has 1 aromatic carbocycles. The van der Waals surface area contributed by atoms with Gasteiger partial charge in [0.15, 0.2) is 0 Å². The van der Waals surface area contributed by atoms with E-state index in [0.717, 1.165) is 23.1 Å². The Morgan fingerprint density at radius 1 is 1.14 bits per heavy atom. The molecular formula is C18H21N3O. The second-order valence-electron chi connectivity index (χ2n) is 5.49. The summed E-state index contributed by atoms with van der Waals surface area (Å²) in [5.74, 6) is 0.663. The van der Waals surface area contributed by atoms with Gasteiger partial charge in [-0.05, 0) is 31.7 Å². The van der Waals surface area contributed by atoms with Crippen LogP contribution in [0.1, 0.15) is 12.5 Å². The maximum Gasteiger partial charge on any atom is 0.214 e. The van der Waals surface area contributed by atoms with Gasteiger partial charge >= 0.3 is 0 Å². The summed E-state index contributed by atoms with van der Waals surface area (Å²) in [4.78, 5) is 4.58. The van der Waals surface area contributed by atoms with Crippen molar-refractivity contribution in [3.63, 3.8) is 0 Å². The van der Waals surface area contributed by atoms with E-state index in [2.05, 4.69) is 34.1 Å². The fraction of sp³-hybridized carbons (Fsp3) is 0.278. The lowest BCUT2D eigenvalue weighted by Gasteiger charge is -2.12.